The van der Waals surface area contributed by atoms with E-state index < -0.39 is 0 Å². The molecule has 2 aliphatic heterocycles. The summed E-state index contributed by atoms with van der Waals surface area (Å²) in [6.07, 6.45) is 2.00. The molecule has 0 saturated carbocycles. The van der Waals surface area contributed by atoms with E-state index in [0.717, 1.165) is 30.4 Å². The lowest BCUT2D eigenvalue weighted by Crippen LogP contribution is -2.54. The molecule has 0 radical (unpaired) electrons. The van der Waals surface area contributed by atoms with Crippen molar-refractivity contribution in [1.29, 1.82) is 0 Å². The van der Waals surface area contributed by atoms with E-state index >= 15 is 0 Å². The number of rotatable bonds is 3. The van der Waals surface area contributed by atoms with Crippen molar-refractivity contribution in [3.8, 4) is 0 Å². The number of hydrogen-bond acceptors (Lipinski definition) is 6. The van der Waals surface area contributed by atoms with Crippen molar-refractivity contribution in [3.05, 3.63) is 59.2 Å². The van der Waals surface area contributed by atoms with Crippen LogP contribution < -0.4 is 16.0 Å². The number of anilines is 2. The lowest BCUT2D eigenvalue weighted by atomic mass is 10.1. The third kappa shape index (κ3) is 4.65. The summed E-state index contributed by atoms with van der Waals surface area (Å²) in [7, 11) is 0. The Morgan fingerprint density at radius 2 is 1.55 bits per heavy atom. The zero-order valence-electron chi connectivity index (χ0n) is 17.2. The first-order valence-corrected chi connectivity index (χ1v) is 9.87. The molecule has 1 saturated heterocycles. The van der Waals surface area contributed by atoms with Crippen LogP contribution in [-0.4, -0.2) is 36.2 Å². The van der Waals surface area contributed by atoms with E-state index in [1.165, 1.54) is 29.5 Å². The van der Waals surface area contributed by atoms with Crippen LogP contribution >= 0.6 is 12.4 Å². The fourth-order valence-electron chi connectivity index (χ4n) is 3.88. The van der Waals surface area contributed by atoms with Crippen LogP contribution in [0.2, 0.25) is 0 Å². The van der Waals surface area contributed by atoms with Crippen LogP contribution in [0.3, 0.4) is 0 Å². The van der Waals surface area contributed by atoms with Crippen molar-refractivity contribution in [3.63, 3.8) is 0 Å². The van der Waals surface area contributed by atoms with Crippen molar-refractivity contribution in [1.82, 2.24) is 4.90 Å². The highest BCUT2D eigenvalue weighted by atomic mass is 35.5. The van der Waals surface area contributed by atoms with E-state index in [1.807, 2.05) is 0 Å². The lowest BCUT2D eigenvalue weighted by Gasteiger charge is -2.38. The first kappa shape index (κ1) is 21.0. The minimum atomic E-state index is -0.350. The van der Waals surface area contributed by atoms with Crippen LogP contribution in [0.25, 0.3) is 0 Å². The molecule has 1 fully saturated rings. The number of nitrogens with two attached hydrogens (primary N) is 1. The minimum Gasteiger partial charge on any atom is -0.368 e. The van der Waals surface area contributed by atoms with Gasteiger partial charge in [0.2, 0.25) is 18.2 Å². The van der Waals surface area contributed by atoms with Gasteiger partial charge in [0.1, 0.15) is 0 Å². The minimum absolute atomic E-state index is 0. The normalized spacial score (nSPS) is 18.8. The summed E-state index contributed by atoms with van der Waals surface area (Å²) < 4.78 is 0. The molecule has 0 spiro atoms. The van der Waals surface area contributed by atoms with Gasteiger partial charge in [-0.15, -0.1) is 12.4 Å². The number of aliphatic imine (C=N–C) groups is 2. The Bertz CT molecular complexity index is 895. The molecule has 0 aromatic heterocycles. The fourth-order valence-corrected chi connectivity index (χ4v) is 3.88. The SMILES string of the molecule is Cc1ccc(N2C(N3CCCC3)=NC(N)=NC2Nc2cc(C)cc(C)c2)cc1.Cl. The summed E-state index contributed by atoms with van der Waals surface area (Å²) in [5.74, 6) is 1.18. The molecule has 3 N–H and O–H groups in total. The maximum atomic E-state index is 6.13. The molecule has 2 aromatic rings. The fraction of sp³-hybridized carbons (Fsp3) is 0.364. The van der Waals surface area contributed by atoms with Crippen molar-refractivity contribution < 1.29 is 0 Å². The second-order valence-corrected chi connectivity index (χ2v) is 7.69. The molecule has 1 unspecified atom stereocenters. The van der Waals surface area contributed by atoms with Gasteiger partial charge >= 0.3 is 0 Å². The van der Waals surface area contributed by atoms with Gasteiger partial charge in [-0.25, -0.2) is 4.99 Å². The predicted octanol–water partition coefficient (Wildman–Crippen LogP) is 4.02. The van der Waals surface area contributed by atoms with E-state index in [2.05, 4.69) is 88.3 Å². The number of hydrogen-bond donors (Lipinski definition) is 2. The Kier molecular flexibility index (Phi) is 6.33. The van der Waals surface area contributed by atoms with Gasteiger partial charge in [-0.2, -0.15) is 4.99 Å². The molecule has 2 heterocycles. The van der Waals surface area contributed by atoms with Gasteiger partial charge < -0.3 is 16.0 Å². The Labute approximate surface area is 178 Å². The maximum Gasteiger partial charge on any atom is 0.222 e. The number of aryl methyl sites for hydroxylation is 3. The monoisotopic (exact) mass is 412 g/mol. The molecule has 2 aliphatic rings. The van der Waals surface area contributed by atoms with Gasteiger partial charge in [-0.1, -0.05) is 23.8 Å². The Morgan fingerprint density at radius 3 is 2.17 bits per heavy atom. The molecule has 1 atom stereocenters. The molecule has 154 valence electrons. The summed E-state index contributed by atoms with van der Waals surface area (Å²) in [5, 5.41) is 3.56. The number of guanidine groups is 2. The van der Waals surface area contributed by atoms with Crippen molar-refractivity contribution in [2.45, 2.75) is 39.9 Å². The average Bonchev–Trinajstić information content (AvgIpc) is 3.16. The largest absolute Gasteiger partial charge is 0.368 e. The Balaban J connectivity index is 0.00000240. The summed E-state index contributed by atoms with van der Waals surface area (Å²) >= 11 is 0. The van der Waals surface area contributed by atoms with Crippen LogP contribution in [-0.2, 0) is 0 Å². The number of likely N-dealkylation sites (tertiary alicyclic amines) is 1. The summed E-state index contributed by atoms with van der Waals surface area (Å²) in [6.45, 7) is 8.28. The van der Waals surface area contributed by atoms with E-state index in [1.54, 1.807) is 0 Å². The highest BCUT2D eigenvalue weighted by Crippen LogP contribution is 2.26. The topological polar surface area (TPSA) is 69.2 Å². The Hall–Kier alpha value is -2.73. The second kappa shape index (κ2) is 8.74. The van der Waals surface area contributed by atoms with Crippen LogP contribution in [0.15, 0.2) is 52.4 Å². The zero-order valence-corrected chi connectivity index (χ0v) is 18.0. The molecule has 0 bridgehead atoms. The van der Waals surface area contributed by atoms with Gasteiger partial charge in [0.25, 0.3) is 0 Å². The van der Waals surface area contributed by atoms with Gasteiger partial charge in [-0.3, -0.25) is 4.90 Å². The third-order valence-electron chi connectivity index (χ3n) is 5.15. The smallest absolute Gasteiger partial charge is 0.222 e. The van der Waals surface area contributed by atoms with Crippen LogP contribution in [0, 0.1) is 20.8 Å². The van der Waals surface area contributed by atoms with Gasteiger partial charge in [0.15, 0.2) is 0 Å². The predicted molar refractivity (Wildman–Crippen MR) is 124 cm³/mol. The molecule has 4 rings (SSSR count). The quantitative estimate of drug-likeness (QED) is 0.798. The van der Waals surface area contributed by atoms with E-state index in [-0.39, 0.29) is 18.7 Å². The number of benzene rings is 2. The molecule has 7 heteroatoms. The number of nitrogens with zero attached hydrogens (tertiary/aromatic N) is 4. The highest BCUT2D eigenvalue weighted by Gasteiger charge is 2.32. The van der Waals surface area contributed by atoms with E-state index in [4.69, 9.17) is 5.73 Å². The lowest BCUT2D eigenvalue weighted by molar-refractivity contribution is 0.497. The third-order valence-corrected chi connectivity index (χ3v) is 5.15. The van der Waals surface area contributed by atoms with Gasteiger partial charge in [0.05, 0.1) is 0 Å². The van der Waals surface area contributed by atoms with Crippen LogP contribution in [0.5, 0.6) is 0 Å². The first-order valence-electron chi connectivity index (χ1n) is 9.87. The van der Waals surface area contributed by atoms with Crippen molar-refractivity contribution in [2.75, 3.05) is 23.3 Å². The molecule has 0 amide bonds. The average molecular weight is 413 g/mol. The molecule has 29 heavy (non-hydrogen) atoms. The van der Waals surface area contributed by atoms with E-state index in [9.17, 15) is 0 Å². The maximum absolute atomic E-state index is 6.13. The van der Waals surface area contributed by atoms with Gasteiger partial charge in [0, 0.05) is 24.5 Å². The van der Waals surface area contributed by atoms with Crippen molar-refractivity contribution in [2.24, 2.45) is 15.7 Å². The molecule has 2 aromatic carbocycles. The summed E-state index contributed by atoms with van der Waals surface area (Å²) in [6, 6.07) is 14.9. The molecule has 0 aliphatic carbocycles. The number of nitrogens with one attached hydrogen (secondary N) is 1. The molecular weight excluding hydrogens is 384 g/mol. The van der Waals surface area contributed by atoms with E-state index in [0.29, 0.717) is 5.96 Å². The van der Waals surface area contributed by atoms with Crippen LogP contribution in [0.4, 0.5) is 11.4 Å². The van der Waals surface area contributed by atoms with Crippen molar-refractivity contribution >= 4 is 35.7 Å². The zero-order chi connectivity index (χ0) is 19.7. The summed E-state index contributed by atoms with van der Waals surface area (Å²) in [4.78, 5) is 13.7. The van der Waals surface area contributed by atoms with Gasteiger partial charge in [-0.05, 0) is 69.0 Å². The second-order valence-electron chi connectivity index (χ2n) is 7.69. The standard InChI is InChI=1S/C22H28N6.ClH/c1-15-6-8-19(9-7-15)28-21(24-18-13-16(2)12-17(3)14-18)25-20(23)26-22(28)27-10-4-5-11-27;/h6-9,12-14,21,24H,4-5,10-11H2,1-3H3,(H2,23,25);1H. The number of halogens is 1. The first-order chi connectivity index (χ1) is 13.5. The van der Waals surface area contributed by atoms with Crippen LogP contribution in [0.1, 0.15) is 29.5 Å². The molecular formula is C22H29ClN6. The molecule has 6 nitrogen and oxygen atoms in total. The summed E-state index contributed by atoms with van der Waals surface area (Å²) in [5.41, 5.74) is 11.9. The highest BCUT2D eigenvalue weighted by molar-refractivity contribution is 6.06. The Morgan fingerprint density at radius 1 is 0.931 bits per heavy atom.